The molecular formula is C16H12N4O4. The second-order valence-electron chi connectivity index (χ2n) is 5.02. The molecular weight excluding hydrogens is 312 g/mol. The smallest absolute Gasteiger partial charge is 0.421 e. The number of aromatic nitrogens is 4. The van der Waals surface area contributed by atoms with Crippen LogP contribution in [0.1, 0.15) is 5.82 Å². The van der Waals surface area contributed by atoms with Crippen molar-refractivity contribution in [3.8, 4) is 17.2 Å². The molecule has 0 aliphatic rings. The molecule has 0 N–H and O–H groups in total. The molecule has 0 unspecified atom stereocenters. The van der Waals surface area contributed by atoms with Crippen LogP contribution in [-0.4, -0.2) is 26.8 Å². The zero-order chi connectivity index (χ0) is 16.5. The lowest BCUT2D eigenvalue weighted by atomic mass is 10.2. The first-order valence-corrected chi connectivity index (χ1v) is 7.16. The van der Waals surface area contributed by atoms with Crippen LogP contribution in [0, 0.1) is 0 Å². The maximum absolute atomic E-state index is 11.9. The summed E-state index contributed by atoms with van der Waals surface area (Å²) in [5.74, 6) is 0.943. The predicted molar refractivity (Wildman–Crippen MR) is 83.7 cm³/mol. The molecule has 0 saturated heterocycles. The topological polar surface area (TPSA) is 96.2 Å². The summed E-state index contributed by atoms with van der Waals surface area (Å²) in [5, 5.41) is 3.91. The zero-order valence-corrected chi connectivity index (χ0v) is 12.7. The van der Waals surface area contributed by atoms with Gasteiger partial charge in [0.2, 0.25) is 0 Å². The number of hydrogen-bond acceptors (Lipinski definition) is 7. The standard InChI is InChI=1S/C16H12N4O4/c1-22-11-6-4-10(5-7-11)15-18-13(19-24-15)9-20-14-12(23-16(20)21)3-2-8-17-14/h2-8H,9H2,1H3. The molecule has 0 bridgehead atoms. The summed E-state index contributed by atoms with van der Waals surface area (Å²) >= 11 is 0. The summed E-state index contributed by atoms with van der Waals surface area (Å²) in [4.78, 5) is 20.4. The summed E-state index contributed by atoms with van der Waals surface area (Å²) in [6, 6.07) is 10.6. The number of methoxy groups -OCH3 is 1. The monoisotopic (exact) mass is 324 g/mol. The van der Waals surface area contributed by atoms with Crippen molar-refractivity contribution in [2.24, 2.45) is 0 Å². The van der Waals surface area contributed by atoms with Crippen LogP contribution in [0.15, 0.2) is 56.3 Å². The van der Waals surface area contributed by atoms with E-state index in [1.807, 2.05) is 12.1 Å². The fourth-order valence-corrected chi connectivity index (χ4v) is 2.35. The third-order valence-corrected chi connectivity index (χ3v) is 3.53. The van der Waals surface area contributed by atoms with Crippen molar-refractivity contribution in [1.82, 2.24) is 19.7 Å². The molecule has 0 amide bonds. The number of oxazole rings is 1. The Kier molecular flexibility index (Phi) is 3.34. The molecule has 0 aliphatic heterocycles. The second kappa shape index (κ2) is 5.65. The normalized spacial score (nSPS) is 11.0. The van der Waals surface area contributed by atoms with E-state index in [4.69, 9.17) is 13.7 Å². The third kappa shape index (κ3) is 2.43. The summed E-state index contributed by atoms with van der Waals surface area (Å²) in [6.45, 7) is 0.114. The second-order valence-corrected chi connectivity index (χ2v) is 5.02. The summed E-state index contributed by atoms with van der Waals surface area (Å²) < 4.78 is 16.9. The molecule has 1 aromatic carbocycles. The van der Waals surface area contributed by atoms with Gasteiger partial charge in [-0.3, -0.25) is 4.57 Å². The Balaban J connectivity index is 1.65. The Morgan fingerprint density at radius 1 is 1.21 bits per heavy atom. The number of fused-ring (bicyclic) bond motifs is 1. The van der Waals surface area contributed by atoms with Gasteiger partial charge >= 0.3 is 5.76 Å². The molecule has 120 valence electrons. The minimum absolute atomic E-state index is 0.114. The van der Waals surface area contributed by atoms with Crippen LogP contribution < -0.4 is 10.5 Å². The number of pyridine rings is 1. The summed E-state index contributed by atoms with van der Waals surface area (Å²) in [5.41, 5.74) is 1.62. The van der Waals surface area contributed by atoms with Gasteiger partial charge < -0.3 is 13.7 Å². The van der Waals surface area contributed by atoms with Gasteiger partial charge in [0.15, 0.2) is 17.1 Å². The predicted octanol–water partition coefficient (Wildman–Crippen LogP) is 2.10. The highest BCUT2D eigenvalue weighted by atomic mass is 16.5. The average Bonchev–Trinajstić information content (AvgIpc) is 3.21. The SMILES string of the molecule is COc1ccc(-c2nc(Cn3c(=O)oc4cccnc43)no2)cc1. The Morgan fingerprint density at radius 2 is 2.04 bits per heavy atom. The van der Waals surface area contributed by atoms with Gasteiger partial charge in [-0.15, -0.1) is 0 Å². The van der Waals surface area contributed by atoms with Crippen LogP contribution in [0.4, 0.5) is 0 Å². The van der Waals surface area contributed by atoms with Gasteiger partial charge in [0.05, 0.1) is 13.7 Å². The largest absolute Gasteiger partial charge is 0.497 e. The van der Waals surface area contributed by atoms with Gasteiger partial charge in [0, 0.05) is 11.8 Å². The molecule has 8 nitrogen and oxygen atoms in total. The summed E-state index contributed by atoms with van der Waals surface area (Å²) in [7, 11) is 1.60. The lowest BCUT2D eigenvalue weighted by Crippen LogP contribution is -2.16. The van der Waals surface area contributed by atoms with Crippen molar-refractivity contribution >= 4 is 11.2 Å². The van der Waals surface area contributed by atoms with E-state index < -0.39 is 5.76 Å². The number of benzene rings is 1. The van der Waals surface area contributed by atoms with E-state index in [9.17, 15) is 4.79 Å². The fourth-order valence-electron chi connectivity index (χ4n) is 2.35. The van der Waals surface area contributed by atoms with Gasteiger partial charge in [0.1, 0.15) is 5.75 Å². The van der Waals surface area contributed by atoms with Crippen LogP contribution in [0.5, 0.6) is 5.75 Å². The molecule has 0 fully saturated rings. The number of ether oxygens (including phenoxy) is 1. The van der Waals surface area contributed by atoms with Crippen molar-refractivity contribution in [1.29, 1.82) is 0 Å². The first kappa shape index (κ1) is 14.2. The van der Waals surface area contributed by atoms with Crippen LogP contribution in [-0.2, 0) is 6.54 Å². The van der Waals surface area contributed by atoms with Gasteiger partial charge in [-0.05, 0) is 36.4 Å². The van der Waals surface area contributed by atoms with Crippen LogP contribution in [0.2, 0.25) is 0 Å². The fraction of sp³-hybridized carbons (Fsp3) is 0.125. The number of nitrogens with zero attached hydrogens (tertiary/aromatic N) is 4. The van der Waals surface area contributed by atoms with E-state index >= 15 is 0 Å². The van der Waals surface area contributed by atoms with E-state index in [-0.39, 0.29) is 6.54 Å². The lowest BCUT2D eigenvalue weighted by molar-refractivity contribution is 0.413. The highest BCUT2D eigenvalue weighted by molar-refractivity contribution is 5.67. The molecule has 8 heteroatoms. The molecule has 4 aromatic rings. The molecule has 0 spiro atoms. The average molecular weight is 324 g/mol. The molecule has 4 rings (SSSR count). The summed E-state index contributed by atoms with van der Waals surface area (Å²) in [6.07, 6.45) is 1.59. The van der Waals surface area contributed by atoms with Gasteiger partial charge in [-0.25, -0.2) is 9.78 Å². The Morgan fingerprint density at radius 3 is 2.83 bits per heavy atom. The molecule has 3 aromatic heterocycles. The number of hydrogen-bond donors (Lipinski definition) is 0. The Labute approximate surface area is 135 Å². The Hall–Kier alpha value is -3.42. The van der Waals surface area contributed by atoms with E-state index in [0.29, 0.717) is 22.9 Å². The third-order valence-electron chi connectivity index (χ3n) is 3.53. The Bertz CT molecular complexity index is 1050. The van der Waals surface area contributed by atoms with Crippen LogP contribution in [0.3, 0.4) is 0 Å². The maximum Gasteiger partial charge on any atom is 0.421 e. The van der Waals surface area contributed by atoms with Crippen LogP contribution >= 0.6 is 0 Å². The minimum Gasteiger partial charge on any atom is -0.497 e. The van der Waals surface area contributed by atoms with Crippen molar-refractivity contribution < 1.29 is 13.7 Å². The van der Waals surface area contributed by atoms with E-state index in [0.717, 1.165) is 11.3 Å². The van der Waals surface area contributed by atoms with Crippen LogP contribution in [0.25, 0.3) is 22.7 Å². The first-order valence-electron chi connectivity index (χ1n) is 7.16. The maximum atomic E-state index is 11.9. The van der Waals surface area contributed by atoms with Crippen molar-refractivity contribution in [2.45, 2.75) is 6.54 Å². The van der Waals surface area contributed by atoms with Crippen molar-refractivity contribution in [2.75, 3.05) is 7.11 Å². The zero-order valence-electron chi connectivity index (χ0n) is 12.7. The van der Waals surface area contributed by atoms with Gasteiger partial charge in [-0.2, -0.15) is 4.98 Å². The molecule has 0 radical (unpaired) electrons. The van der Waals surface area contributed by atoms with Gasteiger partial charge in [0.25, 0.3) is 5.89 Å². The lowest BCUT2D eigenvalue weighted by Gasteiger charge is -1.98. The molecule has 24 heavy (non-hydrogen) atoms. The number of rotatable bonds is 4. The van der Waals surface area contributed by atoms with Crippen molar-refractivity contribution in [3.63, 3.8) is 0 Å². The van der Waals surface area contributed by atoms with Crippen molar-refractivity contribution in [3.05, 3.63) is 59.0 Å². The highest BCUT2D eigenvalue weighted by Gasteiger charge is 2.14. The molecule has 0 atom stereocenters. The first-order chi connectivity index (χ1) is 11.7. The van der Waals surface area contributed by atoms with E-state index in [1.165, 1.54) is 4.57 Å². The van der Waals surface area contributed by atoms with Gasteiger partial charge in [-0.1, -0.05) is 5.16 Å². The van der Waals surface area contributed by atoms with E-state index in [2.05, 4.69) is 15.1 Å². The minimum atomic E-state index is -0.514. The molecule has 0 saturated carbocycles. The van der Waals surface area contributed by atoms with E-state index in [1.54, 1.807) is 37.6 Å². The quantitative estimate of drug-likeness (QED) is 0.567. The molecule has 0 aliphatic carbocycles. The molecule has 3 heterocycles. The highest BCUT2D eigenvalue weighted by Crippen LogP contribution is 2.21.